The van der Waals surface area contributed by atoms with Gasteiger partial charge in [0.2, 0.25) is 5.95 Å². The van der Waals surface area contributed by atoms with Crippen molar-refractivity contribution in [3.63, 3.8) is 0 Å². The van der Waals surface area contributed by atoms with Crippen molar-refractivity contribution >= 4 is 12.2 Å². The van der Waals surface area contributed by atoms with Crippen LogP contribution in [-0.2, 0) is 19.5 Å². The van der Waals surface area contributed by atoms with Crippen LogP contribution < -0.4 is 0 Å². The van der Waals surface area contributed by atoms with Gasteiger partial charge in [0.1, 0.15) is 0 Å². The molecule has 104 valence electrons. The molecule has 2 aromatic heterocycles. The van der Waals surface area contributed by atoms with E-state index in [4.69, 9.17) is 12.2 Å². The van der Waals surface area contributed by atoms with Crippen molar-refractivity contribution in [2.24, 2.45) is 0 Å². The number of fused-ring (bicyclic) bond motifs is 1. The Bertz CT molecular complexity index is 678. The van der Waals surface area contributed by atoms with Crippen molar-refractivity contribution in [1.82, 2.24) is 19.9 Å². The summed E-state index contributed by atoms with van der Waals surface area (Å²) in [6, 6.07) is 1.84. The minimum Gasteiger partial charge on any atom is -0.334 e. The highest BCUT2D eigenvalue weighted by Gasteiger charge is 2.19. The highest BCUT2D eigenvalue weighted by Crippen LogP contribution is 2.20. The number of H-pyrrole nitrogens is 1. The lowest BCUT2D eigenvalue weighted by Gasteiger charge is -2.28. The van der Waals surface area contributed by atoms with E-state index in [0.717, 1.165) is 36.3 Å². The van der Waals surface area contributed by atoms with E-state index in [1.165, 1.54) is 6.20 Å². The SMILES string of the molecule is Cc1ccnc(F)c1CN1CCc2[nH]c(=S)ncc2C1. The first kappa shape index (κ1) is 13.3. The normalized spacial score (nSPS) is 15.1. The first-order chi connectivity index (χ1) is 9.63. The van der Waals surface area contributed by atoms with Crippen molar-refractivity contribution in [2.45, 2.75) is 26.4 Å². The lowest BCUT2D eigenvalue weighted by Crippen LogP contribution is -2.31. The number of pyridine rings is 1. The standard InChI is InChI=1S/C14H15FN4S/c1-9-2-4-16-13(15)11(9)8-19-5-3-12-10(7-19)6-17-14(20)18-12/h2,4,6H,3,5,7-8H2,1H3,(H,17,18,20). The van der Waals surface area contributed by atoms with Crippen LogP contribution in [0, 0.1) is 17.6 Å². The molecular formula is C14H15FN4S. The third kappa shape index (κ3) is 2.62. The van der Waals surface area contributed by atoms with Gasteiger partial charge < -0.3 is 4.98 Å². The van der Waals surface area contributed by atoms with E-state index >= 15 is 0 Å². The molecule has 0 radical (unpaired) electrons. The minimum absolute atomic E-state index is 0.374. The van der Waals surface area contributed by atoms with Crippen LogP contribution in [0.25, 0.3) is 0 Å². The molecule has 4 nitrogen and oxygen atoms in total. The van der Waals surface area contributed by atoms with Gasteiger partial charge in [-0.1, -0.05) is 0 Å². The molecule has 1 aliphatic heterocycles. The van der Waals surface area contributed by atoms with Crippen molar-refractivity contribution in [2.75, 3.05) is 6.54 Å². The molecule has 20 heavy (non-hydrogen) atoms. The third-order valence-corrected chi connectivity index (χ3v) is 3.88. The first-order valence-electron chi connectivity index (χ1n) is 6.53. The number of hydrogen-bond donors (Lipinski definition) is 1. The number of nitrogens with one attached hydrogen (secondary N) is 1. The Morgan fingerprint density at radius 2 is 2.30 bits per heavy atom. The van der Waals surface area contributed by atoms with E-state index in [-0.39, 0.29) is 5.95 Å². The number of hydrogen-bond acceptors (Lipinski definition) is 4. The molecule has 0 amide bonds. The van der Waals surface area contributed by atoms with Crippen LogP contribution in [0.5, 0.6) is 0 Å². The van der Waals surface area contributed by atoms with Crippen LogP contribution in [-0.4, -0.2) is 26.4 Å². The van der Waals surface area contributed by atoms with E-state index in [9.17, 15) is 4.39 Å². The smallest absolute Gasteiger partial charge is 0.217 e. The zero-order valence-electron chi connectivity index (χ0n) is 11.2. The van der Waals surface area contributed by atoms with Crippen molar-refractivity contribution in [3.8, 4) is 0 Å². The Morgan fingerprint density at radius 3 is 3.10 bits per heavy atom. The summed E-state index contributed by atoms with van der Waals surface area (Å²) in [6.07, 6.45) is 4.19. The predicted molar refractivity (Wildman–Crippen MR) is 76.2 cm³/mol. The average molecular weight is 290 g/mol. The van der Waals surface area contributed by atoms with Crippen LogP contribution in [0.4, 0.5) is 4.39 Å². The Balaban J connectivity index is 1.81. The highest BCUT2D eigenvalue weighted by molar-refractivity contribution is 7.71. The maximum atomic E-state index is 13.8. The maximum Gasteiger partial charge on any atom is 0.217 e. The van der Waals surface area contributed by atoms with Gasteiger partial charge in [-0.05, 0) is 30.8 Å². The van der Waals surface area contributed by atoms with Crippen molar-refractivity contribution in [1.29, 1.82) is 0 Å². The first-order valence-corrected chi connectivity index (χ1v) is 6.93. The quantitative estimate of drug-likeness (QED) is 0.682. The number of aromatic amines is 1. The Morgan fingerprint density at radius 1 is 1.45 bits per heavy atom. The second-order valence-electron chi connectivity index (χ2n) is 5.05. The number of halogens is 1. The fourth-order valence-electron chi connectivity index (χ4n) is 2.51. The molecule has 3 heterocycles. The topological polar surface area (TPSA) is 44.8 Å². The lowest BCUT2D eigenvalue weighted by atomic mass is 10.1. The van der Waals surface area contributed by atoms with E-state index in [1.54, 1.807) is 0 Å². The van der Waals surface area contributed by atoms with Crippen molar-refractivity contribution < 1.29 is 4.39 Å². The molecular weight excluding hydrogens is 275 g/mol. The molecule has 0 saturated heterocycles. The number of nitrogens with zero attached hydrogens (tertiary/aromatic N) is 3. The van der Waals surface area contributed by atoms with Gasteiger partial charge in [0.15, 0.2) is 4.77 Å². The van der Waals surface area contributed by atoms with Crippen LogP contribution >= 0.6 is 12.2 Å². The van der Waals surface area contributed by atoms with Gasteiger partial charge in [0.05, 0.1) is 0 Å². The molecule has 1 N–H and O–H groups in total. The molecule has 0 unspecified atom stereocenters. The second-order valence-corrected chi connectivity index (χ2v) is 5.44. The predicted octanol–water partition coefficient (Wildman–Crippen LogP) is 2.54. The van der Waals surface area contributed by atoms with Crippen LogP contribution in [0.2, 0.25) is 0 Å². The Hall–Kier alpha value is -1.66. The molecule has 1 aliphatic rings. The molecule has 3 rings (SSSR count). The summed E-state index contributed by atoms with van der Waals surface area (Å²) < 4.78 is 14.3. The maximum absolute atomic E-state index is 13.8. The number of aromatic nitrogens is 3. The van der Waals surface area contributed by atoms with Gasteiger partial charge in [0, 0.05) is 55.3 Å². The fourth-order valence-corrected chi connectivity index (χ4v) is 2.69. The van der Waals surface area contributed by atoms with E-state index in [1.807, 2.05) is 19.2 Å². The number of aryl methyl sites for hydroxylation is 1. The largest absolute Gasteiger partial charge is 0.334 e. The summed E-state index contributed by atoms with van der Waals surface area (Å²) >= 11 is 5.03. The summed E-state index contributed by atoms with van der Waals surface area (Å²) in [5.41, 5.74) is 3.89. The molecule has 0 spiro atoms. The van der Waals surface area contributed by atoms with Gasteiger partial charge in [-0.2, -0.15) is 4.39 Å². The summed E-state index contributed by atoms with van der Waals surface area (Å²) in [5.74, 6) is -0.374. The molecule has 0 fully saturated rings. The van der Waals surface area contributed by atoms with Gasteiger partial charge >= 0.3 is 0 Å². The van der Waals surface area contributed by atoms with E-state index in [0.29, 0.717) is 16.9 Å². The van der Waals surface area contributed by atoms with Gasteiger partial charge in [-0.3, -0.25) is 4.90 Å². The zero-order valence-corrected chi connectivity index (χ0v) is 12.0. The minimum atomic E-state index is -0.374. The molecule has 0 aromatic carbocycles. The summed E-state index contributed by atoms with van der Waals surface area (Å²) in [6.45, 7) is 4.11. The van der Waals surface area contributed by atoms with Crippen molar-refractivity contribution in [3.05, 3.63) is 51.6 Å². The van der Waals surface area contributed by atoms with E-state index < -0.39 is 0 Å². The van der Waals surface area contributed by atoms with Crippen LogP contribution in [0.15, 0.2) is 18.5 Å². The third-order valence-electron chi connectivity index (χ3n) is 3.67. The van der Waals surface area contributed by atoms with Gasteiger partial charge in [-0.25, -0.2) is 9.97 Å². The monoisotopic (exact) mass is 290 g/mol. The number of rotatable bonds is 2. The molecule has 0 aliphatic carbocycles. The fraction of sp³-hybridized carbons (Fsp3) is 0.357. The Kier molecular flexibility index (Phi) is 3.58. The van der Waals surface area contributed by atoms with Gasteiger partial charge in [0.25, 0.3) is 0 Å². The second kappa shape index (κ2) is 5.38. The molecule has 0 saturated carbocycles. The molecule has 2 aromatic rings. The Labute approximate surface area is 121 Å². The van der Waals surface area contributed by atoms with E-state index in [2.05, 4.69) is 19.9 Å². The highest BCUT2D eigenvalue weighted by atomic mass is 32.1. The molecule has 0 atom stereocenters. The van der Waals surface area contributed by atoms with Crippen LogP contribution in [0.1, 0.15) is 22.4 Å². The lowest BCUT2D eigenvalue weighted by molar-refractivity contribution is 0.238. The zero-order chi connectivity index (χ0) is 14.1. The van der Waals surface area contributed by atoms with Gasteiger partial charge in [-0.15, -0.1) is 0 Å². The summed E-state index contributed by atoms with van der Waals surface area (Å²) in [4.78, 5) is 13.2. The summed E-state index contributed by atoms with van der Waals surface area (Å²) in [7, 11) is 0. The molecule has 6 heteroatoms. The summed E-state index contributed by atoms with van der Waals surface area (Å²) in [5, 5.41) is 0. The average Bonchev–Trinajstić information content (AvgIpc) is 2.43. The van der Waals surface area contributed by atoms with Crippen LogP contribution in [0.3, 0.4) is 0 Å². The molecule has 0 bridgehead atoms.